The summed E-state index contributed by atoms with van der Waals surface area (Å²) in [7, 11) is 1.98. The van der Waals surface area contributed by atoms with Crippen molar-refractivity contribution in [2.75, 3.05) is 25.0 Å². The molecule has 2 saturated carbocycles. The zero-order chi connectivity index (χ0) is 13.2. The molecule has 0 atom stereocenters. The van der Waals surface area contributed by atoms with Crippen molar-refractivity contribution in [2.24, 2.45) is 11.8 Å². The first-order chi connectivity index (χ1) is 9.26. The molecule has 0 aromatic carbocycles. The van der Waals surface area contributed by atoms with Gasteiger partial charge in [0.2, 0.25) is 0 Å². The Bertz CT molecular complexity index is 422. The summed E-state index contributed by atoms with van der Waals surface area (Å²) < 4.78 is 0. The van der Waals surface area contributed by atoms with Gasteiger partial charge in [0.05, 0.1) is 0 Å². The van der Waals surface area contributed by atoms with Gasteiger partial charge in [-0.3, -0.25) is 0 Å². The van der Waals surface area contributed by atoms with Crippen LogP contribution in [0.5, 0.6) is 0 Å². The van der Waals surface area contributed by atoms with Crippen molar-refractivity contribution in [1.82, 2.24) is 10.3 Å². The fourth-order valence-electron chi connectivity index (χ4n) is 2.73. The standard InChI is InChI=1S/C16H25N3/c1-12-7-15(8-17-2)9-18-16(12)19(10-13-3-4-13)11-14-5-6-14/h7,9,13-14,17H,3-6,8,10-11H2,1-2H3. The van der Waals surface area contributed by atoms with Gasteiger partial charge >= 0.3 is 0 Å². The predicted octanol–water partition coefficient (Wildman–Crippen LogP) is 2.74. The Morgan fingerprint density at radius 2 is 1.84 bits per heavy atom. The lowest BCUT2D eigenvalue weighted by molar-refractivity contribution is 0.668. The highest BCUT2D eigenvalue weighted by Gasteiger charge is 2.30. The molecule has 1 aromatic rings. The third-order valence-corrected chi connectivity index (χ3v) is 4.14. The molecule has 0 spiro atoms. The lowest BCUT2D eigenvalue weighted by Crippen LogP contribution is -2.29. The van der Waals surface area contributed by atoms with Gasteiger partial charge < -0.3 is 10.2 Å². The number of nitrogens with one attached hydrogen (secondary N) is 1. The molecule has 0 radical (unpaired) electrons. The van der Waals surface area contributed by atoms with E-state index in [1.807, 2.05) is 13.2 Å². The van der Waals surface area contributed by atoms with Crippen molar-refractivity contribution in [3.8, 4) is 0 Å². The van der Waals surface area contributed by atoms with E-state index in [-0.39, 0.29) is 0 Å². The summed E-state index contributed by atoms with van der Waals surface area (Å²) in [5, 5.41) is 3.19. The Labute approximate surface area is 116 Å². The van der Waals surface area contributed by atoms with Crippen LogP contribution >= 0.6 is 0 Å². The summed E-state index contributed by atoms with van der Waals surface area (Å²) in [6, 6.07) is 2.28. The quantitative estimate of drug-likeness (QED) is 0.816. The van der Waals surface area contributed by atoms with Crippen LogP contribution in [0.2, 0.25) is 0 Å². The highest BCUT2D eigenvalue weighted by molar-refractivity contribution is 5.48. The van der Waals surface area contributed by atoms with E-state index >= 15 is 0 Å². The molecule has 2 aliphatic rings. The maximum Gasteiger partial charge on any atom is 0.131 e. The smallest absolute Gasteiger partial charge is 0.131 e. The Morgan fingerprint density at radius 3 is 2.32 bits per heavy atom. The number of anilines is 1. The summed E-state index contributed by atoms with van der Waals surface area (Å²) in [5.41, 5.74) is 2.61. The van der Waals surface area contributed by atoms with Crippen molar-refractivity contribution < 1.29 is 0 Å². The molecule has 19 heavy (non-hydrogen) atoms. The molecule has 1 N–H and O–H groups in total. The molecule has 3 nitrogen and oxygen atoms in total. The second kappa shape index (κ2) is 5.49. The minimum atomic E-state index is 0.902. The monoisotopic (exact) mass is 259 g/mol. The van der Waals surface area contributed by atoms with E-state index < -0.39 is 0 Å². The highest BCUT2D eigenvalue weighted by Crippen LogP contribution is 2.36. The van der Waals surface area contributed by atoms with Crippen molar-refractivity contribution in [1.29, 1.82) is 0 Å². The van der Waals surface area contributed by atoms with Crippen LogP contribution in [0, 0.1) is 18.8 Å². The van der Waals surface area contributed by atoms with Gasteiger partial charge in [-0.25, -0.2) is 4.98 Å². The van der Waals surface area contributed by atoms with Gasteiger partial charge in [0, 0.05) is 25.8 Å². The average molecular weight is 259 g/mol. The minimum Gasteiger partial charge on any atom is -0.356 e. The summed E-state index contributed by atoms with van der Waals surface area (Å²) >= 11 is 0. The number of aromatic nitrogens is 1. The molecule has 2 fully saturated rings. The lowest BCUT2D eigenvalue weighted by Gasteiger charge is -2.25. The van der Waals surface area contributed by atoms with Gasteiger partial charge in [0.1, 0.15) is 5.82 Å². The predicted molar refractivity (Wildman–Crippen MR) is 79.4 cm³/mol. The molecule has 0 aliphatic heterocycles. The maximum atomic E-state index is 4.74. The van der Waals surface area contributed by atoms with Crippen LogP contribution in [-0.2, 0) is 6.54 Å². The number of hydrogen-bond donors (Lipinski definition) is 1. The number of aryl methyl sites for hydroxylation is 1. The van der Waals surface area contributed by atoms with Gasteiger partial charge in [-0.15, -0.1) is 0 Å². The number of rotatable bonds is 7. The van der Waals surface area contributed by atoms with Crippen molar-refractivity contribution in [2.45, 2.75) is 39.2 Å². The van der Waals surface area contributed by atoms with Crippen molar-refractivity contribution in [3.05, 3.63) is 23.4 Å². The summed E-state index contributed by atoms with van der Waals surface area (Å²) in [6.07, 6.45) is 7.69. The molecule has 0 bridgehead atoms. The molecule has 0 unspecified atom stereocenters. The molecule has 1 heterocycles. The van der Waals surface area contributed by atoms with E-state index in [0.717, 1.165) is 18.4 Å². The van der Waals surface area contributed by atoms with E-state index in [0.29, 0.717) is 0 Å². The second-order valence-electron chi connectivity index (χ2n) is 6.31. The number of hydrogen-bond acceptors (Lipinski definition) is 3. The van der Waals surface area contributed by atoms with Crippen LogP contribution in [0.15, 0.2) is 12.3 Å². The summed E-state index contributed by atoms with van der Waals surface area (Å²) in [6.45, 7) is 5.54. The molecule has 104 valence electrons. The van der Waals surface area contributed by atoms with Gasteiger partial charge in [0.15, 0.2) is 0 Å². The normalized spacial score (nSPS) is 18.6. The molecule has 1 aromatic heterocycles. The largest absolute Gasteiger partial charge is 0.356 e. The average Bonchev–Trinajstić information content (AvgIpc) is 3.24. The Hall–Kier alpha value is -1.09. The SMILES string of the molecule is CNCc1cnc(N(CC2CC2)CC2CC2)c(C)c1. The summed E-state index contributed by atoms with van der Waals surface area (Å²) in [4.78, 5) is 7.29. The van der Waals surface area contributed by atoms with Crippen LogP contribution in [0.4, 0.5) is 5.82 Å². The minimum absolute atomic E-state index is 0.902. The molecular weight excluding hydrogens is 234 g/mol. The first-order valence-corrected chi connectivity index (χ1v) is 7.61. The Balaban J connectivity index is 1.75. The van der Waals surface area contributed by atoms with E-state index in [9.17, 15) is 0 Å². The van der Waals surface area contributed by atoms with Gasteiger partial charge in [0.25, 0.3) is 0 Å². The van der Waals surface area contributed by atoms with E-state index in [1.165, 1.54) is 55.7 Å². The Kier molecular flexibility index (Phi) is 3.74. The second-order valence-corrected chi connectivity index (χ2v) is 6.31. The van der Waals surface area contributed by atoms with Crippen LogP contribution < -0.4 is 10.2 Å². The van der Waals surface area contributed by atoms with E-state index in [1.54, 1.807) is 0 Å². The zero-order valence-corrected chi connectivity index (χ0v) is 12.2. The van der Waals surface area contributed by atoms with E-state index in [4.69, 9.17) is 4.98 Å². The topological polar surface area (TPSA) is 28.2 Å². The maximum absolute atomic E-state index is 4.74. The van der Waals surface area contributed by atoms with Crippen LogP contribution in [0.25, 0.3) is 0 Å². The molecule has 3 rings (SSSR count). The molecule has 2 aliphatic carbocycles. The fraction of sp³-hybridized carbons (Fsp3) is 0.688. The third-order valence-electron chi connectivity index (χ3n) is 4.14. The molecule has 3 heteroatoms. The highest BCUT2D eigenvalue weighted by atomic mass is 15.2. The van der Waals surface area contributed by atoms with E-state index in [2.05, 4.69) is 23.2 Å². The number of pyridine rings is 1. The van der Waals surface area contributed by atoms with Crippen molar-refractivity contribution in [3.63, 3.8) is 0 Å². The molecular formula is C16H25N3. The van der Waals surface area contributed by atoms with Gasteiger partial charge in [-0.1, -0.05) is 0 Å². The molecule has 0 saturated heterocycles. The summed E-state index contributed by atoms with van der Waals surface area (Å²) in [5.74, 6) is 3.08. The van der Waals surface area contributed by atoms with Crippen LogP contribution in [0.3, 0.4) is 0 Å². The van der Waals surface area contributed by atoms with Crippen molar-refractivity contribution >= 4 is 5.82 Å². The number of nitrogens with zero attached hydrogens (tertiary/aromatic N) is 2. The lowest BCUT2D eigenvalue weighted by atomic mass is 10.2. The fourth-order valence-corrected chi connectivity index (χ4v) is 2.73. The van der Waals surface area contributed by atoms with Gasteiger partial charge in [-0.05, 0) is 68.7 Å². The van der Waals surface area contributed by atoms with Crippen LogP contribution in [0.1, 0.15) is 36.8 Å². The first kappa shape index (κ1) is 12.9. The zero-order valence-electron chi connectivity index (χ0n) is 12.2. The van der Waals surface area contributed by atoms with Gasteiger partial charge in [-0.2, -0.15) is 0 Å². The Morgan fingerprint density at radius 1 is 1.21 bits per heavy atom. The molecule has 0 amide bonds. The third kappa shape index (κ3) is 3.47. The van der Waals surface area contributed by atoms with Crippen LogP contribution in [-0.4, -0.2) is 25.1 Å². The first-order valence-electron chi connectivity index (χ1n) is 7.61.